The molecule has 0 fully saturated rings. The zero-order valence-corrected chi connectivity index (χ0v) is 6.14. The van der Waals surface area contributed by atoms with Gasteiger partial charge in [0, 0.05) is 6.20 Å². The molecule has 0 spiro atoms. The molecule has 2 aromatic heterocycles. The molecule has 0 bridgehead atoms. The van der Waals surface area contributed by atoms with Crippen LogP contribution in [0.5, 0.6) is 0 Å². The number of imidazole rings is 1. The van der Waals surface area contributed by atoms with E-state index in [0.29, 0.717) is 0 Å². The Morgan fingerprint density at radius 2 is 2.33 bits per heavy atom. The first-order chi connectivity index (χ1) is 5.77. The number of nitrogens with two attached hydrogens (primary N) is 1. The SMILES string of the molecule is NC(=O)c1cn2cncc2cn1. The second kappa shape index (κ2) is 2.30. The number of fused-ring (bicyclic) bond motifs is 1. The highest BCUT2D eigenvalue weighted by molar-refractivity contribution is 5.90. The third kappa shape index (κ3) is 0.914. The van der Waals surface area contributed by atoms with Crippen molar-refractivity contribution < 1.29 is 4.79 Å². The van der Waals surface area contributed by atoms with Gasteiger partial charge in [-0.2, -0.15) is 0 Å². The summed E-state index contributed by atoms with van der Waals surface area (Å²) in [5, 5.41) is 0. The van der Waals surface area contributed by atoms with Gasteiger partial charge in [0.15, 0.2) is 0 Å². The molecule has 1 amide bonds. The van der Waals surface area contributed by atoms with Gasteiger partial charge in [0.05, 0.1) is 24.2 Å². The third-order valence-corrected chi connectivity index (χ3v) is 1.55. The van der Waals surface area contributed by atoms with E-state index in [4.69, 9.17) is 5.73 Å². The third-order valence-electron chi connectivity index (χ3n) is 1.55. The Morgan fingerprint density at radius 3 is 3.08 bits per heavy atom. The fraction of sp³-hybridized carbons (Fsp3) is 0. The van der Waals surface area contributed by atoms with E-state index >= 15 is 0 Å². The lowest BCUT2D eigenvalue weighted by molar-refractivity contribution is 0.0995. The number of hydrogen-bond acceptors (Lipinski definition) is 3. The summed E-state index contributed by atoms with van der Waals surface area (Å²) in [6.07, 6.45) is 6.33. The van der Waals surface area contributed by atoms with Crippen molar-refractivity contribution in [1.29, 1.82) is 0 Å². The highest BCUT2D eigenvalue weighted by atomic mass is 16.1. The number of nitrogens with zero attached hydrogens (tertiary/aromatic N) is 3. The maximum absolute atomic E-state index is 10.7. The molecule has 2 N–H and O–H groups in total. The zero-order valence-electron chi connectivity index (χ0n) is 6.14. The van der Waals surface area contributed by atoms with Crippen LogP contribution in [-0.4, -0.2) is 20.3 Å². The van der Waals surface area contributed by atoms with Crippen molar-refractivity contribution in [3.8, 4) is 0 Å². The fourth-order valence-corrected chi connectivity index (χ4v) is 0.951. The molecule has 2 heterocycles. The molecule has 5 heteroatoms. The largest absolute Gasteiger partial charge is 0.364 e. The Kier molecular flexibility index (Phi) is 1.30. The number of hydrogen-bond donors (Lipinski definition) is 1. The highest BCUT2D eigenvalue weighted by Crippen LogP contribution is 2.00. The van der Waals surface area contributed by atoms with E-state index in [-0.39, 0.29) is 5.69 Å². The molecule has 0 saturated heterocycles. The first-order valence-electron chi connectivity index (χ1n) is 3.35. The lowest BCUT2D eigenvalue weighted by Gasteiger charge is -1.95. The van der Waals surface area contributed by atoms with Gasteiger partial charge < -0.3 is 10.1 Å². The molecular formula is C7H6N4O. The first kappa shape index (κ1) is 6.78. The van der Waals surface area contributed by atoms with Crippen molar-refractivity contribution in [2.75, 3.05) is 0 Å². The van der Waals surface area contributed by atoms with E-state index in [9.17, 15) is 4.79 Å². The van der Waals surface area contributed by atoms with Crippen LogP contribution >= 0.6 is 0 Å². The van der Waals surface area contributed by atoms with Crippen LogP contribution in [0.15, 0.2) is 24.9 Å². The van der Waals surface area contributed by atoms with Crippen molar-refractivity contribution in [3.05, 3.63) is 30.6 Å². The van der Waals surface area contributed by atoms with Crippen molar-refractivity contribution in [2.24, 2.45) is 5.73 Å². The molecule has 0 unspecified atom stereocenters. The molecule has 0 aliphatic carbocycles. The van der Waals surface area contributed by atoms with Gasteiger partial charge in [-0.15, -0.1) is 0 Å². The maximum Gasteiger partial charge on any atom is 0.268 e. The summed E-state index contributed by atoms with van der Waals surface area (Å²) in [5.74, 6) is -0.536. The molecule has 0 aliphatic heterocycles. The van der Waals surface area contributed by atoms with Gasteiger partial charge in [-0.25, -0.2) is 9.97 Å². The number of aromatic nitrogens is 3. The Labute approximate surface area is 67.9 Å². The normalized spacial score (nSPS) is 10.3. The predicted molar refractivity (Wildman–Crippen MR) is 41.5 cm³/mol. The van der Waals surface area contributed by atoms with Gasteiger partial charge in [0.1, 0.15) is 5.69 Å². The minimum atomic E-state index is -0.536. The van der Waals surface area contributed by atoms with Crippen LogP contribution in [0.4, 0.5) is 0 Å². The molecular weight excluding hydrogens is 156 g/mol. The molecule has 60 valence electrons. The van der Waals surface area contributed by atoms with Gasteiger partial charge in [-0.05, 0) is 0 Å². The van der Waals surface area contributed by atoms with Crippen LogP contribution in [0.2, 0.25) is 0 Å². The molecule has 0 atom stereocenters. The van der Waals surface area contributed by atoms with Crippen LogP contribution in [-0.2, 0) is 0 Å². The van der Waals surface area contributed by atoms with Crippen LogP contribution in [0.3, 0.4) is 0 Å². The topological polar surface area (TPSA) is 73.3 Å². The van der Waals surface area contributed by atoms with E-state index < -0.39 is 5.91 Å². The molecule has 0 aromatic carbocycles. The molecule has 2 aromatic rings. The summed E-state index contributed by atoms with van der Waals surface area (Å²) in [6.45, 7) is 0. The van der Waals surface area contributed by atoms with E-state index in [1.165, 1.54) is 0 Å². The van der Waals surface area contributed by atoms with Crippen molar-refractivity contribution >= 4 is 11.4 Å². The minimum Gasteiger partial charge on any atom is -0.364 e. The maximum atomic E-state index is 10.7. The average molecular weight is 162 g/mol. The second-order valence-corrected chi connectivity index (χ2v) is 2.36. The molecule has 0 radical (unpaired) electrons. The van der Waals surface area contributed by atoms with E-state index in [0.717, 1.165) is 5.52 Å². The average Bonchev–Trinajstić information content (AvgIpc) is 2.49. The number of rotatable bonds is 1. The van der Waals surface area contributed by atoms with Crippen LogP contribution in [0.1, 0.15) is 10.5 Å². The molecule has 2 rings (SSSR count). The summed E-state index contributed by atoms with van der Waals surface area (Å²) in [5.41, 5.74) is 6.11. The van der Waals surface area contributed by atoms with E-state index in [1.54, 1.807) is 29.3 Å². The van der Waals surface area contributed by atoms with Crippen LogP contribution in [0, 0.1) is 0 Å². The summed E-state index contributed by atoms with van der Waals surface area (Å²) >= 11 is 0. The Hall–Kier alpha value is -1.91. The summed E-state index contributed by atoms with van der Waals surface area (Å²) in [6, 6.07) is 0. The summed E-state index contributed by atoms with van der Waals surface area (Å²) < 4.78 is 1.69. The number of carbonyl (C=O) groups is 1. The lowest BCUT2D eigenvalue weighted by Crippen LogP contribution is -2.13. The van der Waals surface area contributed by atoms with Gasteiger partial charge >= 0.3 is 0 Å². The summed E-state index contributed by atoms with van der Waals surface area (Å²) in [4.78, 5) is 18.4. The van der Waals surface area contributed by atoms with Crippen LogP contribution in [0.25, 0.3) is 5.52 Å². The lowest BCUT2D eigenvalue weighted by atomic mass is 10.4. The van der Waals surface area contributed by atoms with Gasteiger partial charge in [0.25, 0.3) is 5.91 Å². The number of amides is 1. The minimum absolute atomic E-state index is 0.237. The van der Waals surface area contributed by atoms with Gasteiger partial charge in [-0.1, -0.05) is 0 Å². The fourth-order valence-electron chi connectivity index (χ4n) is 0.951. The summed E-state index contributed by atoms with van der Waals surface area (Å²) in [7, 11) is 0. The quantitative estimate of drug-likeness (QED) is 0.632. The standard InChI is InChI=1S/C7H6N4O/c8-7(12)6-3-11-4-9-1-5(11)2-10-6/h1-4H,(H2,8,12). The van der Waals surface area contributed by atoms with Crippen LogP contribution < -0.4 is 5.73 Å². The van der Waals surface area contributed by atoms with Gasteiger partial charge in [-0.3, -0.25) is 4.79 Å². The number of carbonyl (C=O) groups excluding carboxylic acids is 1. The Morgan fingerprint density at radius 1 is 1.50 bits per heavy atom. The van der Waals surface area contributed by atoms with E-state index in [1.807, 2.05) is 0 Å². The Balaban J connectivity index is 2.68. The van der Waals surface area contributed by atoms with Gasteiger partial charge in [0.2, 0.25) is 0 Å². The second-order valence-electron chi connectivity index (χ2n) is 2.36. The molecule has 12 heavy (non-hydrogen) atoms. The highest BCUT2D eigenvalue weighted by Gasteiger charge is 2.02. The molecule has 0 saturated carbocycles. The number of primary amides is 1. The monoisotopic (exact) mass is 162 g/mol. The Bertz CT molecular complexity index is 434. The smallest absolute Gasteiger partial charge is 0.268 e. The van der Waals surface area contributed by atoms with Crippen molar-refractivity contribution in [3.63, 3.8) is 0 Å². The van der Waals surface area contributed by atoms with E-state index in [2.05, 4.69) is 9.97 Å². The molecule has 5 nitrogen and oxygen atoms in total. The first-order valence-corrected chi connectivity index (χ1v) is 3.35. The predicted octanol–water partition coefficient (Wildman–Crippen LogP) is -0.172. The van der Waals surface area contributed by atoms with Crippen molar-refractivity contribution in [2.45, 2.75) is 0 Å². The molecule has 0 aliphatic rings. The van der Waals surface area contributed by atoms with Crippen molar-refractivity contribution in [1.82, 2.24) is 14.4 Å². The zero-order chi connectivity index (χ0) is 8.55.